The van der Waals surface area contributed by atoms with E-state index in [0.717, 1.165) is 17.0 Å². The number of nitrogens with zero attached hydrogens (tertiary/aromatic N) is 1. The first-order valence-corrected chi connectivity index (χ1v) is 6.30. The maximum Gasteiger partial charge on any atom is 1.00 e. The summed E-state index contributed by atoms with van der Waals surface area (Å²) < 4.78 is 32.8. The van der Waals surface area contributed by atoms with Gasteiger partial charge in [0, 0.05) is 11.1 Å². The van der Waals surface area contributed by atoms with Crippen LogP contribution in [0.15, 0.2) is 28.1 Å². The van der Waals surface area contributed by atoms with Crippen molar-refractivity contribution in [3.8, 4) is 0 Å². The molecule has 0 atom stereocenters. The quantitative estimate of drug-likeness (QED) is 0.487. The maximum absolute atomic E-state index is 10.9. The van der Waals surface area contributed by atoms with Crippen LogP contribution in [0, 0.1) is 0 Å². The molecule has 0 aliphatic carbocycles. The second-order valence-corrected chi connectivity index (χ2v) is 5.83. The number of hydrogen-bond acceptors (Lipinski definition) is 4. The fourth-order valence-electron chi connectivity index (χ4n) is 1.78. The van der Waals surface area contributed by atoms with Crippen molar-refractivity contribution in [1.82, 2.24) is 0 Å². The molecule has 17 heavy (non-hydrogen) atoms. The topological polar surface area (TPSA) is 69.6 Å². The number of fused-ring (bicyclic) bond motifs is 1. The van der Waals surface area contributed by atoms with E-state index in [2.05, 4.69) is 4.99 Å². The Morgan fingerprint density at radius 1 is 1.29 bits per heavy atom. The summed E-state index contributed by atoms with van der Waals surface area (Å²) in [4.78, 5) is 4.16. The molecule has 86 valence electrons. The maximum atomic E-state index is 10.9. The normalized spacial score (nSPS) is 17.1. The van der Waals surface area contributed by atoms with Gasteiger partial charge in [-0.3, -0.25) is 4.99 Å². The van der Waals surface area contributed by atoms with Gasteiger partial charge in [0.05, 0.1) is 10.6 Å². The van der Waals surface area contributed by atoms with Crippen molar-refractivity contribution in [3.63, 3.8) is 0 Å². The van der Waals surface area contributed by atoms with Crippen molar-refractivity contribution in [1.29, 1.82) is 0 Å². The first-order valence-electron chi connectivity index (χ1n) is 4.89. The van der Waals surface area contributed by atoms with Crippen LogP contribution in [0.25, 0.3) is 0 Å². The molecule has 1 aliphatic rings. The minimum Gasteiger partial charge on any atom is -0.744 e. The third kappa shape index (κ3) is 2.73. The summed E-state index contributed by atoms with van der Waals surface area (Å²) in [5.41, 5.74) is 2.15. The third-order valence-electron chi connectivity index (χ3n) is 3.12. The average molecular weight is 277 g/mol. The van der Waals surface area contributed by atoms with E-state index < -0.39 is 10.1 Å². The molecule has 0 N–H and O–H groups in total. The van der Waals surface area contributed by atoms with Gasteiger partial charge in [0.15, 0.2) is 0 Å². The van der Waals surface area contributed by atoms with E-state index in [-0.39, 0.29) is 61.7 Å². The van der Waals surface area contributed by atoms with Crippen molar-refractivity contribution in [2.75, 3.05) is 0 Å². The van der Waals surface area contributed by atoms with Gasteiger partial charge < -0.3 is 4.55 Å². The van der Waals surface area contributed by atoms with Gasteiger partial charge in [0.25, 0.3) is 0 Å². The van der Waals surface area contributed by atoms with E-state index >= 15 is 0 Å². The molecule has 1 aromatic rings. The molecule has 0 saturated carbocycles. The number of hydrogen-bond donors (Lipinski definition) is 0. The molecule has 2 rings (SSSR count). The number of benzene rings is 1. The van der Waals surface area contributed by atoms with Crippen LogP contribution in [-0.2, 0) is 15.5 Å². The number of rotatable bonds is 1. The summed E-state index contributed by atoms with van der Waals surface area (Å²) in [5.74, 6) is 0. The fourth-order valence-corrected chi connectivity index (χ4v) is 2.28. The van der Waals surface area contributed by atoms with Gasteiger partial charge in [0.1, 0.15) is 10.1 Å². The summed E-state index contributed by atoms with van der Waals surface area (Å²) in [6.07, 6.45) is 0. The molecule has 4 nitrogen and oxygen atoms in total. The summed E-state index contributed by atoms with van der Waals surface area (Å²) >= 11 is 0. The summed E-state index contributed by atoms with van der Waals surface area (Å²) in [6.45, 7) is 5.81. The van der Waals surface area contributed by atoms with Gasteiger partial charge >= 0.3 is 51.4 Å². The minimum absolute atomic E-state index is 0. The van der Waals surface area contributed by atoms with E-state index in [9.17, 15) is 13.0 Å². The molecule has 0 radical (unpaired) electrons. The Kier molecular flexibility index (Phi) is 4.41. The zero-order valence-electron chi connectivity index (χ0n) is 10.3. The first-order chi connectivity index (χ1) is 7.23. The molecule has 1 heterocycles. The van der Waals surface area contributed by atoms with Crippen LogP contribution in [-0.4, -0.2) is 18.7 Å². The Morgan fingerprint density at radius 3 is 2.41 bits per heavy atom. The van der Waals surface area contributed by atoms with Gasteiger partial charge in [-0.2, -0.15) is 0 Å². The summed E-state index contributed by atoms with van der Waals surface area (Å²) in [5, 5.41) is 0. The largest absolute Gasteiger partial charge is 1.00 e. The average Bonchev–Trinajstić information content (AvgIpc) is 2.37. The molecular formula is C11H12KNO3S. The van der Waals surface area contributed by atoms with Crippen molar-refractivity contribution >= 4 is 21.5 Å². The van der Waals surface area contributed by atoms with Crippen molar-refractivity contribution in [2.24, 2.45) is 4.99 Å². The Labute approximate surface area is 144 Å². The Bertz CT molecular complexity index is 591. The SMILES string of the molecule is CC1=Nc2ccc(S(=O)(=O)[O-])cc2C1(C)C.[K+]. The van der Waals surface area contributed by atoms with E-state index in [1.54, 1.807) is 6.07 Å². The zero-order chi connectivity index (χ0) is 12.1. The molecular weight excluding hydrogens is 265 g/mol. The van der Waals surface area contributed by atoms with Gasteiger partial charge in [-0.25, -0.2) is 8.42 Å². The van der Waals surface area contributed by atoms with E-state index in [4.69, 9.17) is 0 Å². The van der Waals surface area contributed by atoms with E-state index in [0.29, 0.717) is 0 Å². The first kappa shape index (κ1) is 15.5. The molecule has 1 aliphatic heterocycles. The summed E-state index contributed by atoms with van der Waals surface area (Å²) in [6, 6.07) is 4.31. The van der Waals surface area contributed by atoms with Crippen molar-refractivity contribution in [3.05, 3.63) is 23.8 Å². The molecule has 1 aromatic carbocycles. The van der Waals surface area contributed by atoms with E-state index in [1.807, 2.05) is 20.8 Å². The standard InChI is InChI=1S/C11H13NO3S.K/c1-7-11(2,3)9-6-8(16(13,14)15)4-5-10(9)12-7;/h4-6H,1-3H3,(H,13,14,15);/q;+1/p-1. The predicted octanol–water partition coefficient (Wildman–Crippen LogP) is -1.02. The van der Waals surface area contributed by atoms with Crippen LogP contribution in [0.2, 0.25) is 0 Å². The van der Waals surface area contributed by atoms with Gasteiger partial charge in [0.2, 0.25) is 0 Å². The van der Waals surface area contributed by atoms with Gasteiger partial charge in [-0.05, 0) is 30.7 Å². The van der Waals surface area contributed by atoms with Crippen molar-refractivity contribution < 1.29 is 64.4 Å². The van der Waals surface area contributed by atoms with Crippen LogP contribution in [0.4, 0.5) is 5.69 Å². The van der Waals surface area contributed by atoms with Crippen LogP contribution in [0.5, 0.6) is 0 Å². The van der Waals surface area contributed by atoms with Gasteiger partial charge in [-0.15, -0.1) is 0 Å². The monoisotopic (exact) mass is 277 g/mol. The van der Waals surface area contributed by atoms with Crippen LogP contribution in [0.3, 0.4) is 0 Å². The summed E-state index contributed by atoms with van der Waals surface area (Å²) in [7, 11) is -4.39. The predicted molar refractivity (Wildman–Crippen MR) is 60.2 cm³/mol. The van der Waals surface area contributed by atoms with Crippen LogP contribution in [0.1, 0.15) is 26.3 Å². The molecule has 0 saturated heterocycles. The molecule has 6 heteroatoms. The second-order valence-electron chi connectivity index (χ2n) is 4.46. The molecule has 0 bridgehead atoms. The van der Waals surface area contributed by atoms with Crippen molar-refractivity contribution in [2.45, 2.75) is 31.1 Å². The van der Waals surface area contributed by atoms with Crippen LogP contribution < -0.4 is 51.4 Å². The van der Waals surface area contributed by atoms with E-state index in [1.165, 1.54) is 12.1 Å². The Balaban J connectivity index is 0.00000144. The molecule has 0 fully saturated rings. The Hall–Kier alpha value is 0.436. The zero-order valence-corrected chi connectivity index (χ0v) is 14.3. The molecule has 0 unspecified atom stereocenters. The second kappa shape index (κ2) is 4.84. The molecule has 0 amide bonds. The third-order valence-corrected chi connectivity index (χ3v) is 3.95. The Morgan fingerprint density at radius 2 is 1.88 bits per heavy atom. The number of aliphatic imine (C=N–C) groups is 1. The van der Waals surface area contributed by atoms with Crippen LogP contribution >= 0.6 is 0 Å². The minimum atomic E-state index is -4.39. The van der Waals surface area contributed by atoms with Gasteiger partial charge in [-0.1, -0.05) is 13.8 Å². The smallest absolute Gasteiger partial charge is 0.744 e. The fraction of sp³-hybridized carbons (Fsp3) is 0.364. The molecule has 0 spiro atoms. The molecule has 0 aromatic heterocycles.